The summed E-state index contributed by atoms with van der Waals surface area (Å²) in [5.41, 5.74) is 0. The van der Waals surface area contributed by atoms with Crippen molar-refractivity contribution < 1.29 is 13.2 Å². The molecule has 1 aliphatic carbocycles. The molecule has 0 spiro atoms. The molecule has 2 unspecified atom stereocenters. The van der Waals surface area contributed by atoms with Crippen molar-refractivity contribution in [2.24, 2.45) is 0 Å². The van der Waals surface area contributed by atoms with Crippen LogP contribution in [0.3, 0.4) is 0 Å². The number of alkyl halides is 3. The number of likely N-dealkylation sites (N-methyl/N-ethyl adjacent to an activating group) is 1. The third kappa shape index (κ3) is 4.12. The van der Waals surface area contributed by atoms with Crippen LogP contribution in [-0.2, 0) is 0 Å². The molecule has 0 aromatic heterocycles. The lowest BCUT2D eigenvalue weighted by molar-refractivity contribution is -0.161. The van der Waals surface area contributed by atoms with Gasteiger partial charge in [-0.15, -0.1) is 0 Å². The van der Waals surface area contributed by atoms with Crippen LogP contribution < -0.4 is 0 Å². The first-order chi connectivity index (χ1) is 8.47. The van der Waals surface area contributed by atoms with Crippen molar-refractivity contribution in [1.82, 2.24) is 9.80 Å². The van der Waals surface area contributed by atoms with E-state index in [1.165, 1.54) is 0 Å². The van der Waals surface area contributed by atoms with Crippen LogP contribution in [0.25, 0.3) is 0 Å². The summed E-state index contributed by atoms with van der Waals surface area (Å²) < 4.78 is 37.3. The number of hydrogen-bond donors (Lipinski definition) is 0. The number of fused-ring (bicyclic) bond motifs is 1. The Balaban J connectivity index is 0.000000771. The maximum absolute atomic E-state index is 12.4. The van der Waals surface area contributed by atoms with Crippen molar-refractivity contribution in [2.75, 3.05) is 26.7 Å². The average Bonchev–Trinajstić information content (AvgIpc) is 2.34. The zero-order chi connectivity index (χ0) is 13.8. The fourth-order valence-corrected chi connectivity index (χ4v) is 3.08. The Hall–Kier alpha value is -0.290. The van der Waals surface area contributed by atoms with Crippen molar-refractivity contribution in [3.8, 4) is 0 Å². The van der Waals surface area contributed by atoms with Crippen molar-refractivity contribution in [3.63, 3.8) is 0 Å². The lowest BCUT2D eigenvalue weighted by Gasteiger charge is -2.48. The lowest BCUT2D eigenvalue weighted by Crippen LogP contribution is -2.60. The second kappa shape index (κ2) is 6.75. The van der Waals surface area contributed by atoms with Crippen LogP contribution in [-0.4, -0.2) is 54.7 Å². The van der Waals surface area contributed by atoms with E-state index >= 15 is 0 Å². The fourth-order valence-electron chi connectivity index (χ4n) is 3.08. The van der Waals surface area contributed by atoms with Gasteiger partial charge in [-0.2, -0.15) is 13.2 Å². The second-order valence-electron chi connectivity index (χ2n) is 4.99. The van der Waals surface area contributed by atoms with Gasteiger partial charge in [0.05, 0.1) is 6.54 Å². The Bertz CT molecular complexity index is 243. The number of rotatable bonds is 1. The van der Waals surface area contributed by atoms with Gasteiger partial charge in [0.1, 0.15) is 0 Å². The van der Waals surface area contributed by atoms with Gasteiger partial charge in [0.15, 0.2) is 0 Å². The third-order valence-corrected chi connectivity index (χ3v) is 3.85. The molecule has 1 saturated carbocycles. The molecular formula is C13H25F3N2. The zero-order valence-corrected chi connectivity index (χ0v) is 11.6. The molecule has 1 saturated heterocycles. The summed E-state index contributed by atoms with van der Waals surface area (Å²) in [6, 6.07) is 0.457. The quantitative estimate of drug-likeness (QED) is 0.719. The van der Waals surface area contributed by atoms with E-state index in [0.717, 1.165) is 32.2 Å². The highest BCUT2D eigenvalue weighted by Gasteiger charge is 2.41. The van der Waals surface area contributed by atoms with E-state index in [0.29, 0.717) is 12.6 Å². The molecule has 0 N–H and O–H groups in total. The smallest absolute Gasteiger partial charge is 0.301 e. The highest BCUT2D eigenvalue weighted by atomic mass is 19.4. The molecule has 2 aliphatic rings. The highest BCUT2D eigenvalue weighted by Crippen LogP contribution is 2.31. The molecule has 2 fully saturated rings. The minimum Gasteiger partial charge on any atom is -0.301 e. The molecule has 2 rings (SSSR count). The molecule has 0 aromatic rings. The molecule has 0 aromatic carbocycles. The van der Waals surface area contributed by atoms with E-state index in [2.05, 4.69) is 4.90 Å². The summed E-state index contributed by atoms with van der Waals surface area (Å²) in [6.07, 6.45) is 0.146. The van der Waals surface area contributed by atoms with Gasteiger partial charge in [-0.05, 0) is 19.9 Å². The number of nitrogens with zero attached hydrogens (tertiary/aromatic N) is 2. The monoisotopic (exact) mass is 266 g/mol. The summed E-state index contributed by atoms with van der Waals surface area (Å²) in [4.78, 5) is 3.88. The van der Waals surface area contributed by atoms with Gasteiger partial charge < -0.3 is 4.90 Å². The predicted octanol–water partition coefficient (Wildman–Crippen LogP) is 3.13. The molecule has 18 heavy (non-hydrogen) atoms. The first-order valence-electron chi connectivity index (χ1n) is 6.98. The van der Waals surface area contributed by atoms with E-state index in [-0.39, 0.29) is 6.04 Å². The standard InChI is InChI=1S/C11H19F3N2.C2H6/c1-15-6-7-16(8-11(12,13)14)10-5-3-2-4-9(10)15;1-2/h9-10H,2-8H2,1H3;1-2H3. The average molecular weight is 266 g/mol. The highest BCUT2D eigenvalue weighted by molar-refractivity contribution is 4.93. The Kier molecular flexibility index (Phi) is 5.92. The maximum atomic E-state index is 12.4. The number of hydrogen-bond acceptors (Lipinski definition) is 2. The molecule has 1 heterocycles. The molecule has 0 amide bonds. The summed E-state index contributed by atoms with van der Waals surface area (Å²) >= 11 is 0. The van der Waals surface area contributed by atoms with Crippen LogP contribution >= 0.6 is 0 Å². The van der Waals surface area contributed by atoms with Gasteiger partial charge in [-0.25, -0.2) is 0 Å². The first-order valence-corrected chi connectivity index (χ1v) is 6.98. The van der Waals surface area contributed by atoms with Gasteiger partial charge >= 0.3 is 6.18 Å². The van der Waals surface area contributed by atoms with E-state index in [4.69, 9.17) is 0 Å². The van der Waals surface area contributed by atoms with Crippen molar-refractivity contribution >= 4 is 0 Å². The van der Waals surface area contributed by atoms with Crippen molar-refractivity contribution in [1.29, 1.82) is 0 Å². The molecule has 0 radical (unpaired) electrons. The van der Waals surface area contributed by atoms with Crippen LogP contribution in [0.1, 0.15) is 39.5 Å². The largest absolute Gasteiger partial charge is 0.401 e. The lowest BCUT2D eigenvalue weighted by atomic mass is 9.86. The van der Waals surface area contributed by atoms with Crippen LogP contribution in [0, 0.1) is 0 Å². The van der Waals surface area contributed by atoms with E-state index in [1.54, 1.807) is 4.90 Å². The van der Waals surface area contributed by atoms with Crippen LogP contribution in [0.5, 0.6) is 0 Å². The fraction of sp³-hybridized carbons (Fsp3) is 1.00. The Morgan fingerprint density at radius 2 is 1.56 bits per heavy atom. The molecule has 108 valence electrons. The van der Waals surface area contributed by atoms with Crippen LogP contribution in [0.2, 0.25) is 0 Å². The zero-order valence-electron chi connectivity index (χ0n) is 11.6. The number of halogens is 3. The van der Waals surface area contributed by atoms with Gasteiger partial charge in [0.2, 0.25) is 0 Å². The van der Waals surface area contributed by atoms with E-state index in [1.807, 2.05) is 20.9 Å². The van der Waals surface area contributed by atoms with E-state index < -0.39 is 12.7 Å². The van der Waals surface area contributed by atoms with Crippen LogP contribution in [0.15, 0.2) is 0 Å². The van der Waals surface area contributed by atoms with Gasteiger partial charge in [0, 0.05) is 25.2 Å². The second-order valence-corrected chi connectivity index (χ2v) is 4.99. The molecule has 2 atom stereocenters. The van der Waals surface area contributed by atoms with Crippen molar-refractivity contribution in [3.05, 3.63) is 0 Å². The predicted molar refractivity (Wildman–Crippen MR) is 67.7 cm³/mol. The molecule has 1 aliphatic heterocycles. The molecule has 5 heteroatoms. The summed E-state index contributed by atoms with van der Waals surface area (Å²) in [5, 5.41) is 0. The Labute approximate surface area is 108 Å². The molecule has 2 nitrogen and oxygen atoms in total. The topological polar surface area (TPSA) is 6.48 Å². The van der Waals surface area contributed by atoms with Gasteiger partial charge in [-0.3, -0.25) is 4.90 Å². The minimum atomic E-state index is -4.06. The number of piperazine rings is 1. The van der Waals surface area contributed by atoms with Gasteiger partial charge in [0.25, 0.3) is 0 Å². The van der Waals surface area contributed by atoms with Crippen molar-refractivity contribution in [2.45, 2.75) is 57.8 Å². The summed E-state index contributed by atoms with van der Waals surface area (Å²) in [5.74, 6) is 0. The summed E-state index contributed by atoms with van der Waals surface area (Å²) in [7, 11) is 2.04. The Morgan fingerprint density at radius 1 is 1.00 bits per heavy atom. The Morgan fingerprint density at radius 3 is 2.11 bits per heavy atom. The SMILES string of the molecule is CC.CN1CCN(CC(F)(F)F)C2CCCCC21. The van der Waals surface area contributed by atoms with Crippen LogP contribution in [0.4, 0.5) is 13.2 Å². The van der Waals surface area contributed by atoms with Gasteiger partial charge in [-0.1, -0.05) is 26.7 Å². The maximum Gasteiger partial charge on any atom is 0.401 e. The first kappa shape index (κ1) is 15.8. The summed E-state index contributed by atoms with van der Waals surface area (Å²) in [6.45, 7) is 4.58. The minimum absolute atomic E-state index is 0.120. The van der Waals surface area contributed by atoms with E-state index in [9.17, 15) is 13.2 Å². The third-order valence-electron chi connectivity index (χ3n) is 3.85. The molecule has 0 bridgehead atoms. The normalized spacial score (nSPS) is 30.3. The molecular weight excluding hydrogens is 241 g/mol.